The molecular formula is C15H18N2O3. The van der Waals surface area contributed by atoms with Gasteiger partial charge in [-0.2, -0.15) is 0 Å². The van der Waals surface area contributed by atoms with Crippen LogP contribution in [0.5, 0.6) is 0 Å². The van der Waals surface area contributed by atoms with Crippen LogP contribution in [0.25, 0.3) is 5.65 Å². The molecule has 106 valence electrons. The maximum Gasteiger partial charge on any atom is 0.339 e. The molecule has 0 radical (unpaired) electrons. The summed E-state index contributed by atoms with van der Waals surface area (Å²) in [5, 5.41) is 0. The molecule has 20 heavy (non-hydrogen) atoms. The number of ether oxygens (including phenoxy) is 2. The highest BCUT2D eigenvalue weighted by molar-refractivity contribution is 5.89. The number of rotatable bonds is 3. The van der Waals surface area contributed by atoms with Gasteiger partial charge in [-0.3, -0.25) is 0 Å². The van der Waals surface area contributed by atoms with E-state index in [2.05, 4.69) is 4.98 Å². The molecule has 0 spiro atoms. The second-order valence-corrected chi connectivity index (χ2v) is 5.17. The summed E-state index contributed by atoms with van der Waals surface area (Å²) in [6.07, 6.45) is 6.93. The van der Waals surface area contributed by atoms with Crippen molar-refractivity contribution in [2.24, 2.45) is 5.92 Å². The largest absolute Gasteiger partial charge is 0.465 e. The van der Waals surface area contributed by atoms with Gasteiger partial charge in [-0.15, -0.1) is 0 Å². The Morgan fingerprint density at radius 3 is 2.95 bits per heavy atom. The number of carbonyl (C=O) groups excluding carboxylic acids is 1. The summed E-state index contributed by atoms with van der Waals surface area (Å²) in [6, 6.07) is 3.59. The molecule has 0 bridgehead atoms. The zero-order chi connectivity index (χ0) is 13.9. The standard InChI is InChI=1S/C15H18N2O3/c1-19-15(18)12-2-3-14-16-13(10-17(14)9-12)8-11-4-6-20-7-5-11/h2-3,9-11H,4-8H2,1H3. The predicted octanol–water partition coefficient (Wildman–Crippen LogP) is 2.09. The molecule has 0 aromatic carbocycles. The van der Waals surface area contributed by atoms with Crippen LogP contribution in [-0.2, 0) is 15.9 Å². The van der Waals surface area contributed by atoms with Crippen LogP contribution in [0.2, 0.25) is 0 Å². The minimum atomic E-state index is -0.327. The van der Waals surface area contributed by atoms with Crippen molar-refractivity contribution in [1.82, 2.24) is 9.38 Å². The number of carbonyl (C=O) groups is 1. The van der Waals surface area contributed by atoms with E-state index in [1.807, 2.05) is 16.7 Å². The Bertz CT molecular complexity index is 615. The summed E-state index contributed by atoms with van der Waals surface area (Å²) in [7, 11) is 1.39. The molecular weight excluding hydrogens is 256 g/mol. The summed E-state index contributed by atoms with van der Waals surface area (Å²) >= 11 is 0. The van der Waals surface area contributed by atoms with Gasteiger partial charge in [-0.05, 0) is 37.3 Å². The van der Waals surface area contributed by atoms with Gasteiger partial charge >= 0.3 is 5.97 Å². The fourth-order valence-corrected chi connectivity index (χ4v) is 2.63. The number of imidazole rings is 1. The fraction of sp³-hybridized carbons (Fsp3) is 0.467. The molecule has 5 heteroatoms. The normalized spacial score (nSPS) is 16.4. The van der Waals surface area contributed by atoms with Crippen molar-refractivity contribution in [2.45, 2.75) is 19.3 Å². The predicted molar refractivity (Wildman–Crippen MR) is 73.8 cm³/mol. The fourth-order valence-electron chi connectivity index (χ4n) is 2.63. The number of hydrogen-bond acceptors (Lipinski definition) is 4. The Morgan fingerprint density at radius 2 is 2.20 bits per heavy atom. The van der Waals surface area contributed by atoms with E-state index in [9.17, 15) is 4.79 Å². The zero-order valence-electron chi connectivity index (χ0n) is 11.5. The molecule has 1 fully saturated rings. The molecule has 3 rings (SSSR count). The van der Waals surface area contributed by atoms with Gasteiger partial charge < -0.3 is 13.9 Å². The van der Waals surface area contributed by atoms with E-state index >= 15 is 0 Å². The first-order chi connectivity index (χ1) is 9.76. The van der Waals surface area contributed by atoms with Crippen molar-refractivity contribution in [1.29, 1.82) is 0 Å². The Balaban J connectivity index is 1.81. The zero-order valence-corrected chi connectivity index (χ0v) is 11.5. The summed E-state index contributed by atoms with van der Waals surface area (Å²) in [5.41, 5.74) is 2.47. The summed E-state index contributed by atoms with van der Waals surface area (Å²) in [5.74, 6) is 0.320. The first kappa shape index (κ1) is 13.1. The average Bonchev–Trinajstić information content (AvgIpc) is 2.88. The highest BCUT2D eigenvalue weighted by Crippen LogP contribution is 2.20. The van der Waals surface area contributed by atoms with Crippen molar-refractivity contribution >= 4 is 11.6 Å². The average molecular weight is 274 g/mol. The number of pyridine rings is 1. The first-order valence-electron chi connectivity index (χ1n) is 6.90. The molecule has 1 aliphatic rings. The summed E-state index contributed by atoms with van der Waals surface area (Å²) in [6.45, 7) is 1.70. The molecule has 5 nitrogen and oxygen atoms in total. The molecule has 0 unspecified atom stereocenters. The molecule has 0 saturated carbocycles. The Kier molecular flexibility index (Phi) is 3.69. The molecule has 1 aliphatic heterocycles. The van der Waals surface area contributed by atoms with Gasteiger partial charge in [0.2, 0.25) is 0 Å². The van der Waals surface area contributed by atoms with Gasteiger partial charge in [0, 0.05) is 25.6 Å². The molecule has 0 N–H and O–H groups in total. The minimum Gasteiger partial charge on any atom is -0.465 e. The van der Waals surface area contributed by atoms with E-state index < -0.39 is 0 Å². The quantitative estimate of drug-likeness (QED) is 0.804. The second-order valence-electron chi connectivity index (χ2n) is 5.17. The number of nitrogens with zero attached hydrogens (tertiary/aromatic N) is 2. The maximum absolute atomic E-state index is 11.5. The van der Waals surface area contributed by atoms with Crippen LogP contribution in [0.4, 0.5) is 0 Å². The van der Waals surface area contributed by atoms with Crippen molar-refractivity contribution in [3.63, 3.8) is 0 Å². The number of fused-ring (bicyclic) bond motifs is 1. The summed E-state index contributed by atoms with van der Waals surface area (Å²) in [4.78, 5) is 16.1. The number of hydrogen-bond donors (Lipinski definition) is 0. The number of methoxy groups -OCH3 is 1. The van der Waals surface area contributed by atoms with Crippen LogP contribution in [-0.4, -0.2) is 35.7 Å². The van der Waals surface area contributed by atoms with E-state index in [0.717, 1.165) is 43.8 Å². The first-order valence-corrected chi connectivity index (χ1v) is 6.90. The summed E-state index contributed by atoms with van der Waals surface area (Å²) < 4.78 is 12.0. The number of aromatic nitrogens is 2. The lowest BCUT2D eigenvalue weighted by molar-refractivity contribution is 0.0600. The monoisotopic (exact) mass is 274 g/mol. The molecule has 2 aromatic rings. The van der Waals surface area contributed by atoms with Crippen LogP contribution in [0.15, 0.2) is 24.5 Å². The van der Waals surface area contributed by atoms with Crippen molar-refractivity contribution < 1.29 is 14.3 Å². The SMILES string of the molecule is COC(=O)c1ccc2nc(CC3CCOCC3)cn2c1. The van der Waals surface area contributed by atoms with Crippen molar-refractivity contribution in [3.05, 3.63) is 35.8 Å². The van der Waals surface area contributed by atoms with Gasteiger partial charge in [-0.1, -0.05) is 0 Å². The molecule has 0 atom stereocenters. The van der Waals surface area contributed by atoms with E-state index in [0.29, 0.717) is 11.5 Å². The van der Waals surface area contributed by atoms with Crippen LogP contribution >= 0.6 is 0 Å². The molecule has 1 saturated heterocycles. The Labute approximate surface area is 117 Å². The highest BCUT2D eigenvalue weighted by Gasteiger charge is 2.16. The second kappa shape index (κ2) is 5.63. The van der Waals surface area contributed by atoms with E-state index in [4.69, 9.17) is 9.47 Å². The van der Waals surface area contributed by atoms with Crippen molar-refractivity contribution in [3.8, 4) is 0 Å². The lowest BCUT2D eigenvalue weighted by atomic mass is 9.95. The van der Waals surface area contributed by atoms with Gasteiger partial charge in [0.25, 0.3) is 0 Å². The van der Waals surface area contributed by atoms with Gasteiger partial charge in [0.15, 0.2) is 0 Å². The Hall–Kier alpha value is -1.88. The third-order valence-corrected chi connectivity index (χ3v) is 3.76. The van der Waals surface area contributed by atoms with Crippen LogP contribution in [0, 0.1) is 5.92 Å². The molecule has 0 aliphatic carbocycles. The highest BCUT2D eigenvalue weighted by atomic mass is 16.5. The smallest absolute Gasteiger partial charge is 0.339 e. The van der Waals surface area contributed by atoms with E-state index in [-0.39, 0.29) is 5.97 Å². The van der Waals surface area contributed by atoms with Crippen LogP contribution in [0.3, 0.4) is 0 Å². The molecule has 0 amide bonds. The lowest BCUT2D eigenvalue weighted by Crippen LogP contribution is -2.17. The van der Waals surface area contributed by atoms with E-state index in [1.165, 1.54) is 7.11 Å². The van der Waals surface area contributed by atoms with Crippen LogP contribution < -0.4 is 0 Å². The van der Waals surface area contributed by atoms with E-state index in [1.54, 1.807) is 12.3 Å². The van der Waals surface area contributed by atoms with Crippen molar-refractivity contribution in [2.75, 3.05) is 20.3 Å². The molecule has 3 heterocycles. The lowest BCUT2D eigenvalue weighted by Gasteiger charge is -2.20. The van der Waals surface area contributed by atoms with Gasteiger partial charge in [0.05, 0.1) is 18.4 Å². The number of esters is 1. The topological polar surface area (TPSA) is 52.8 Å². The van der Waals surface area contributed by atoms with Gasteiger partial charge in [-0.25, -0.2) is 9.78 Å². The third kappa shape index (κ3) is 2.67. The Morgan fingerprint density at radius 1 is 1.40 bits per heavy atom. The minimum absolute atomic E-state index is 0.327. The van der Waals surface area contributed by atoms with Gasteiger partial charge in [0.1, 0.15) is 5.65 Å². The molecule has 2 aromatic heterocycles. The van der Waals surface area contributed by atoms with Crippen LogP contribution in [0.1, 0.15) is 28.9 Å². The maximum atomic E-state index is 11.5. The third-order valence-electron chi connectivity index (χ3n) is 3.76.